The molecule has 0 aliphatic heterocycles. The van der Waals surface area contributed by atoms with Gasteiger partial charge in [-0.2, -0.15) is 15.3 Å². The molecule has 0 spiro atoms. The van der Waals surface area contributed by atoms with Crippen molar-refractivity contribution in [2.24, 2.45) is 7.05 Å². The molecule has 0 bridgehead atoms. The normalized spacial score (nSPS) is 10.4. The van der Waals surface area contributed by atoms with Crippen LogP contribution in [0.25, 0.3) is 10.8 Å². The Hall–Kier alpha value is -2.59. The molecule has 3 heterocycles. The van der Waals surface area contributed by atoms with E-state index in [0.29, 0.717) is 18.3 Å². The molecule has 0 fully saturated rings. The van der Waals surface area contributed by atoms with Crippen LogP contribution < -0.4 is 5.32 Å². The van der Waals surface area contributed by atoms with Crippen molar-refractivity contribution in [1.82, 2.24) is 14.8 Å². The van der Waals surface area contributed by atoms with E-state index in [0.717, 1.165) is 10.4 Å². The van der Waals surface area contributed by atoms with Gasteiger partial charge in [-0.1, -0.05) is 6.07 Å². The summed E-state index contributed by atoms with van der Waals surface area (Å²) in [7, 11) is 1.85. The van der Waals surface area contributed by atoms with Crippen LogP contribution in [-0.2, 0) is 13.6 Å². The number of thiophene rings is 1. The Kier molecular flexibility index (Phi) is 3.23. The first-order valence-corrected chi connectivity index (χ1v) is 6.80. The summed E-state index contributed by atoms with van der Waals surface area (Å²) in [5, 5.41) is 18.2. The Morgan fingerprint density at radius 1 is 1.55 bits per heavy atom. The average molecular weight is 285 g/mol. The molecule has 6 nitrogen and oxygen atoms in total. The van der Waals surface area contributed by atoms with Crippen LogP contribution in [-0.4, -0.2) is 14.8 Å². The fourth-order valence-corrected chi connectivity index (χ4v) is 2.42. The van der Waals surface area contributed by atoms with Gasteiger partial charge in [-0.3, -0.25) is 4.68 Å². The van der Waals surface area contributed by atoms with Gasteiger partial charge in [0.15, 0.2) is 0 Å². The molecule has 7 heteroatoms. The monoisotopic (exact) mass is 285 g/mol. The number of aromatic nitrogens is 3. The highest BCUT2D eigenvalue weighted by atomic mass is 32.1. The Morgan fingerprint density at radius 3 is 3.10 bits per heavy atom. The Bertz CT molecular complexity index is 750. The highest BCUT2D eigenvalue weighted by Crippen LogP contribution is 2.28. The molecular weight excluding hydrogens is 274 g/mol. The van der Waals surface area contributed by atoms with E-state index in [1.54, 1.807) is 10.9 Å². The summed E-state index contributed by atoms with van der Waals surface area (Å²) in [5.41, 5.74) is 1.27. The van der Waals surface area contributed by atoms with Gasteiger partial charge in [0.25, 0.3) is 0 Å². The third-order valence-electron chi connectivity index (χ3n) is 2.68. The van der Waals surface area contributed by atoms with E-state index in [2.05, 4.69) is 15.4 Å². The van der Waals surface area contributed by atoms with Crippen LogP contribution in [0.15, 0.2) is 34.3 Å². The highest BCUT2D eigenvalue weighted by Gasteiger charge is 2.14. The van der Waals surface area contributed by atoms with Gasteiger partial charge in [-0.25, -0.2) is 0 Å². The molecule has 3 aromatic heterocycles. The molecule has 0 atom stereocenters. The van der Waals surface area contributed by atoms with E-state index < -0.39 is 0 Å². The molecule has 0 aromatic carbocycles. The topological polar surface area (TPSA) is 79.7 Å². The number of nitriles is 1. The van der Waals surface area contributed by atoms with Gasteiger partial charge in [0, 0.05) is 25.4 Å². The van der Waals surface area contributed by atoms with Crippen molar-refractivity contribution in [1.29, 1.82) is 5.26 Å². The first-order chi connectivity index (χ1) is 9.76. The second-order valence-electron chi connectivity index (χ2n) is 4.16. The first-order valence-electron chi connectivity index (χ1n) is 5.92. The van der Waals surface area contributed by atoms with Crippen LogP contribution in [0.4, 0.5) is 5.88 Å². The number of aryl methyl sites for hydroxylation is 1. The summed E-state index contributed by atoms with van der Waals surface area (Å²) in [4.78, 5) is 5.09. The fourth-order valence-electron chi connectivity index (χ4n) is 1.77. The molecule has 0 aliphatic carbocycles. The molecule has 0 unspecified atom stereocenters. The largest absolute Gasteiger partial charge is 0.418 e. The van der Waals surface area contributed by atoms with Crippen molar-refractivity contribution >= 4 is 17.2 Å². The Labute approximate surface area is 119 Å². The van der Waals surface area contributed by atoms with E-state index >= 15 is 0 Å². The van der Waals surface area contributed by atoms with Gasteiger partial charge in [0.1, 0.15) is 6.07 Å². The van der Waals surface area contributed by atoms with E-state index in [9.17, 15) is 0 Å². The van der Waals surface area contributed by atoms with Crippen molar-refractivity contribution in [2.75, 3.05) is 5.32 Å². The average Bonchev–Trinajstić information content (AvgIpc) is 3.16. The van der Waals surface area contributed by atoms with E-state index in [1.165, 1.54) is 11.3 Å². The maximum absolute atomic E-state index is 9.11. The lowest BCUT2D eigenvalue weighted by Crippen LogP contribution is -1.98. The Balaban J connectivity index is 1.80. The van der Waals surface area contributed by atoms with Crippen LogP contribution in [0.3, 0.4) is 0 Å². The molecule has 20 heavy (non-hydrogen) atoms. The SMILES string of the molecule is Cn1cc(CNc2oc(-c3cccs3)nc2C#N)cn1. The van der Waals surface area contributed by atoms with Crippen molar-refractivity contribution in [3.63, 3.8) is 0 Å². The number of rotatable bonds is 4. The van der Waals surface area contributed by atoms with Gasteiger partial charge in [0.2, 0.25) is 17.5 Å². The van der Waals surface area contributed by atoms with Crippen LogP contribution in [0.1, 0.15) is 11.3 Å². The zero-order valence-corrected chi connectivity index (χ0v) is 11.5. The number of nitrogens with zero attached hydrogens (tertiary/aromatic N) is 4. The fraction of sp³-hybridized carbons (Fsp3) is 0.154. The van der Waals surface area contributed by atoms with Gasteiger partial charge in [0.05, 0.1) is 11.1 Å². The zero-order chi connectivity index (χ0) is 13.9. The van der Waals surface area contributed by atoms with Gasteiger partial charge in [-0.15, -0.1) is 11.3 Å². The van der Waals surface area contributed by atoms with E-state index in [1.807, 2.05) is 36.8 Å². The van der Waals surface area contributed by atoms with Crippen molar-refractivity contribution in [3.8, 4) is 16.8 Å². The minimum Gasteiger partial charge on any atom is -0.418 e. The summed E-state index contributed by atoms with van der Waals surface area (Å²) in [6.07, 6.45) is 3.66. The van der Waals surface area contributed by atoms with Crippen LogP contribution in [0.2, 0.25) is 0 Å². The summed E-state index contributed by atoms with van der Waals surface area (Å²) in [6.45, 7) is 0.529. The molecule has 3 rings (SSSR count). The molecule has 0 saturated carbocycles. The third kappa shape index (κ3) is 2.41. The summed E-state index contributed by atoms with van der Waals surface area (Å²) < 4.78 is 7.34. The van der Waals surface area contributed by atoms with Crippen molar-refractivity contribution < 1.29 is 4.42 Å². The number of nitrogens with one attached hydrogen (secondary N) is 1. The zero-order valence-electron chi connectivity index (χ0n) is 10.7. The lowest BCUT2D eigenvalue weighted by Gasteiger charge is -1.99. The first kappa shape index (κ1) is 12.4. The second kappa shape index (κ2) is 5.19. The quantitative estimate of drug-likeness (QED) is 0.797. The van der Waals surface area contributed by atoms with Crippen LogP contribution >= 0.6 is 11.3 Å². The maximum Gasteiger partial charge on any atom is 0.240 e. The lowest BCUT2D eigenvalue weighted by atomic mass is 10.3. The minimum absolute atomic E-state index is 0.261. The lowest BCUT2D eigenvalue weighted by molar-refractivity contribution is 0.586. The standard InChI is InChI=1S/C13H11N5OS/c1-18-8-9(7-16-18)6-15-12-10(5-14)17-13(19-12)11-3-2-4-20-11/h2-4,7-8,15H,6H2,1H3. The van der Waals surface area contributed by atoms with Crippen molar-refractivity contribution in [2.45, 2.75) is 6.54 Å². The predicted molar refractivity (Wildman–Crippen MR) is 75.1 cm³/mol. The van der Waals surface area contributed by atoms with Gasteiger partial charge < -0.3 is 9.73 Å². The van der Waals surface area contributed by atoms with Gasteiger partial charge in [-0.05, 0) is 11.4 Å². The maximum atomic E-state index is 9.11. The molecule has 1 N–H and O–H groups in total. The van der Waals surface area contributed by atoms with Crippen LogP contribution in [0.5, 0.6) is 0 Å². The number of hydrogen-bond donors (Lipinski definition) is 1. The molecule has 0 amide bonds. The molecular formula is C13H11N5OS. The smallest absolute Gasteiger partial charge is 0.240 e. The molecule has 0 aliphatic rings. The summed E-state index contributed by atoms with van der Waals surface area (Å²) in [5.74, 6) is 0.852. The predicted octanol–water partition coefficient (Wildman–Crippen LogP) is 2.62. The third-order valence-corrected chi connectivity index (χ3v) is 3.53. The van der Waals surface area contributed by atoms with Crippen molar-refractivity contribution in [3.05, 3.63) is 41.2 Å². The molecule has 0 radical (unpaired) electrons. The molecule has 0 saturated heterocycles. The number of hydrogen-bond acceptors (Lipinski definition) is 6. The Morgan fingerprint density at radius 2 is 2.45 bits per heavy atom. The number of anilines is 1. The molecule has 3 aromatic rings. The van der Waals surface area contributed by atoms with Crippen LogP contribution in [0, 0.1) is 11.3 Å². The molecule has 100 valence electrons. The summed E-state index contributed by atoms with van der Waals surface area (Å²) in [6, 6.07) is 5.86. The number of oxazole rings is 1. The van der Waals surface area contributed by atoms with E-state index in [4.69, 9.17) is 9.68 Å². The minimum atomic E-state index is 0.261. The highest BCUT2D eigenvalue weighted by molar-refractivity contribution is 7.13. The van der Waals surface area contributed by atoms with Gasteiger partial charge >= 0.3 is 0 Å². The van der Waals surface area contributed by atoms with E-state index in [-0.39, 0.29) is 5.69 Å². The summed E-state index contributed by atoms with van der Waals surface area (Å²) >= 11 is 1.52. The second-order valence-corrected chi connectivity index (χ2v) is 5.11.